The average molecular weight is 428 g/mol. The maximum absolute atomic E-state index is 13.4. The first-order valence-corrected chi connectivity index (χ1v) is 10.8. The van der Waals surface area contributed by atoms with Crippen LogP contribution in [0.5, 0.6) is 0 Å². The number of aromatic nitrogens is 3. The molecule has 1 aromatic carbocycles. The third-order valence-electron chi connectivity index (χ3n) is 5.91. The number of nitrogens with one attached hydrogen (secondary N) is 2. The fourth-order valence-corrected chi connectivity index (χ4v) is 4.15. The molecule has 0 saturated carbocycles. The molecule has 1 unspecified atom stereocenters. The van der Waals surface area contributed by atoms with E-state index in [1.165, 1.54) is 5.56 Å². The van der Waals surface area contributed by atoms with Crippen LogP contribution in [-0.2, 0) is 0 Å². The van der Waals surface area contributed by atoms with Crippen molar-refractivity contribution in [3.8, 4) is 11.3 Å². The van der Waals surface area contributed by atoms with E-state index in [9.17, 15) is 4.79 Å². The Labute approximate surface area is 190 Å². The van der Waals surface area contributed by atoms with Crippen LogP contribution in [0, 0.1) is 6.92 Å². The van der Waals surface area contributed by atoms with Gasteiger partial charge in [0, 0.05) is 63.4 Å². The minimum atomic E-state index is -0.111. The van der Waals surface area contributed by atoms with Gasteiger partial charge in [0.2, 0.25) is 5.78 Å². The van der Waals surface area contributed by atoms with Gasteiger partial charge in [-0.25, -0.2) is 4.98 Å². The van der Waals surface area contributed by atoms with Crippen molar-refractivity contribution in [2.24, 2.45) is 0 Å². The van der Waals surface area contributed by atoms with E-state index in [4.69, 9.17) is 4.98 Å². The molecule has 5 rings (SSSR count). The molecular weight excluding hydrogens is 398 g/mol. The number of anilines is 1. The van der Waals surface area contributed by atoms with Gasteiger partial charge >= 0.3 is 0 Å². The third-order valence-corrected chi connectivity index (χ3v) is 5.91. The van der Waals surface area contributed by atoms with Crippen LogP contribution in [0.3, 0.4) is 0 Å². The molecular formula is C26H29N5O. The smallest absolute Gasteiger partial charge is 0.213 e. The average Bonchev–Trinajstić information content (AvgIpc) is 3.40. The molecule has 6 nitrogen and oxygen atoms in total. The zero-order valence-corrected chi connectivity index (χ0v) is 18.0. The Balaban J connectivity index is 0.00000162. The number of hydrogen-bond donors (Lipinski definition) is 2. The van der Waals surface area contributed by atoms with Gasteiger partial charge in [-0.3, -0.25) is 9.78 Å². The summed E-state index contributed by atoms with van der Waals surface area (Å²) in [4.78, 5) is 28.0. The van der Waals surface area contributed by atoms with Crippen molar-refractivity contribution >= 4 is 11.6 Å². The van der Waals surface area contributed by atoms with Gasteiger partial charge in [0.05, 0.1) is 0 Å². The Morgan fingerprint density at radius 3 is 2.78 bits per heavy atom. The van der Waals surface area contributed by atoms with Gasteiger partial charge < -0.3 is 15.2 Å². The summed E-state index contributed by atoms with van der Waals surface area (Å²) in [5.74, 6) is 0.712. The second kappa shape index (κ2) is 8.77. The number of nitrogens with zero attached hydrogens (tertiary/aromatic N) is 3. The number of hydrogen-bond acceptors (Lipinski definition) is 5. The number of aryl methyl sites for hydroxylation is 1. The molecule has 4 heterocycles. The molecule has 0 spiro atoms. The van der Waals surface area contributed by atoms with Gasteiger partial charge in [-0.05, 0) is 42.8 Å². The SMILES string of the molecule is Cc1ncc(-c2ccc[nH]2)cc1C(=O)c1cccc(N2CCNC(c3ccccc3)C2)n1.[HH].[HH]. The van der Waals surface area contributed by atoms with Gasteiger partial charge in [-0.1, -0.05) is 36.4 Å². The molecule has 1 aliphatic heterocycles. The predicted octanol–water partition coefficient (Wildman–Crippen LogP) is 4.65. The number of benzene rings is 1. The van der Waals surface area contributed by atoms with Crippen molar-refractivity contribution in [3.63, 3.8) is 0 Å². The third kappa shape index (κ3) is 4.05. The number of H-pyrrole nitrogens is 1. The molecule has 1 aliphatic rings. The van der Waals surface area contributed by atoms with Crippen molar-refractivity contribution < 1.29 is 7.65 Å². The highest BCUT2D eigenvalue weighted by atomic mass is 16.1. The molecule has 2 N–H and O–H groups in total. The van der Waals surface area contributed by atoms with E-state index in [-0.39, 0.29) is 14.7 Å². The highest BCUT2D eigenvalue weighted by Crippen LogP contribution is 2.24. The number of carbonyl (C=O) groups is 1. The number of ketones is 1. The molecule has 0 bridgehead atoms. The lowest BCUT2D eigenvalue weighted by Crippen LogP contribution is -2.46. The number of piperazine rings is 1. The molecule has 3 aromatic heterocycles. The van der Waals surface area contributed by atoms with Gasteiger partial charge in [-0.2, -0.15) is 0 Å². The maximum atomic E-state index is 13.4. The molecule has 0 radical (unpaired) electrons. The van der Waals surface area contributed by atoms with E-state index in [2.05, 4.69) is 44.5 Å². The molecule has 0 amide bonds. The first-order valence-electron chi connectivity index (χ1n) is 10.8. The molecule has 32 heavy (non-hydrogen) atoms. The highest BCUT2D eigenvalue weighted by molar-refractivity contribution is 6.09. The van der Waals surface area contributed by atoms with Gasteiger partial charge in [-0.15, -0.1) is 0 Å². The summed E-state index contributed by atoms with van der Waals surface area (Å²) in [7, 11) is 0. The number of carbonyl (C=O) groups excluding carboxylic acids is 1. The Hall–Kier alpha value is -3.77. The lowest BCUT2D eigenvalue weighted by molar-refractivity contribution is 0.103. The highest BCUT2D eigenvalue weighted by Gasteiger charge is 2.23. The normalized spacial score (nSPS) is 16.2. The summed E-state index contributed by atoms with van der Waals surface area (Å²) in [6.45, 7) is 4.37. The van der Waals surface area contributed by atoms with Crippen molar-refractivity contribution in [3.05, 3.63) is 102 Å². The number of aromatic amines is 1. The Morgan fingerprint density at radius 1 is 1.09 bits per heavy atom. The van der Waals surface area contributed by atoms with Gasteiger partial charge in [0.25, 0.3) is 0 Å². The summed E-state index contributed by atoms with van der Waals surface area (Å²) in [5, 5.41) is 3.58. The van der Waals surface area contributed by atoms with Crippen LogP contribution in [0.2, 0.25) is 0 Å². The first-order chi connectivity index (χ1) is 15.7. The van der Waals surface area contributed by atoms with Crippen LogP contribution in [0.25, 0.3) is 11.3 Å². The second-order valence-electron chi connectivity index (χ2n) is 8.01. The van der Waals surface area contributed by atoms with Crippen molar-refractivity contribution in [1.82, 2.24) is 20.3 Å². The summed E-state index contributed by atoms with van der Waals surface area (Å²) >= 11 is 0. The molecule has 0 aliphatic carbocycles. The fraction of sp³-hybridized carbons (Fsp3) is 0.192. The van der Waals surface area contributed by atoms with Gasteiger partial charge in [0.1, 0.15) is 11.5 Å². The van der Waals surface area contributed by atoms with E-state index in [0.717, 1.165) is 36.7 Å². The quantitative estimate of drug-likeness (QED) is 0.454. The van der Waals surface area contributed by atoms with E-state index >= 15 is 0 Å². The molecule has 1 fully saturated rings. The van der Waals surface area contributed by atoms with Crippen molar-refractivity contribution in [2.75, 3.05) is 24.5 Å². The summed E-state index contributed by atoms with van der Waals surface area (Å²) in [6, 6.07) is 22.1. The maximum Gasteiger partial charge on any atom is 0.213 e. The predicted molar refractivity (Wildman–Crippen MR) is 130 cm³/mol. The first kappa shape index (κ1) is 20.2. The Morgan fingerprint density at radius 2 is 1.97 bits per heavy atom. The zero-order chi connectivity index (χ0) is 21.9. The minimum Gasteiger partial charge on any atom is -0.361 e. The lowest BCUT2D eigenvalue weighted by Gasteiger charge is -2.35. The van der Waals surface area contributed by atoms with E-state index in [1.54, 1.807) is 12.3 Å². The standard InChI is InChI=1S/C26H25N5O.2H2/c1-18-21(15-20(16-29-18)22-10-6-12-27-22)26(32)23-9-5-11-25(30-23)31-14-13-28-24(17-31)19-7-3-2-4-8-19;;/h2-12,15-16,24,27-28H,13-14,17H2,1H3;2*1H. The monoisotopic (exact) mass is 427 g/mol. The lowest BCUT2D eigenvalue weighted by atomic mass is 10.0. The molecule has 1 saturated heterocycles. The summed E-state index contributed by atoms with van der Waals surface area (Å²) < 4.78 is 0. The molecule has 164 valence electrons. The van der Waals surface area contributed by atoms with Crippen LogP contribution in [0.4, 0.5) is 5.82 Å². The van der Waals surface area contributed by atoms with Gasteiger partial charge in [0.15, 0.2) is 0 Å². The largest absolute Gasteiger partial charge is 0.361 e. The van der Waals surface area contributed by atoms with E-state index in [0.29, 0.717) is 17.0 Å². The van der Waals surface area contributed by atoms with Crippen LogP contribution in [0.15, 0.2) is 79.1 Å². The number of pyridine rings is 2. The van der Waals surface area contributed by atoms with Crippen LogP contribution in [0.1, 0.15) is 36.2 Å². The molecule has 4 aromatic rings. The zero-order valence-electron chi connectivity index (χ0n) is 18.0. The fourth-order valence-electron chi connectivity index (χ4n) is 4.15. The molecule has 6 heteroatoms. The Kier molecular flexibility index (Phi) is 5.52. The molecule has 1 atom stereocenters. The topological polar surface area (TPSA) is 73.9 Å². The van der Waals surface area contributed by atoms with Crippen LogP contribution >= 0.6 is 0 Å². The summed E-state index contributed by atoms with van der Waals surface area (Å²) in [6.07, 6.45) is 3.64. The second-order valence-corrected chi connectivity index (χ2v) is 8.01. The minimum absolute atomic E-state index is 0. The summed E-state index contributed by atoms with van der Waals surface area (Å²) in [5.41, 5.74) is 4.78. The van der Waals surface area contributed by atoms with Crippen LogP contribution in [-0.4, -0.2) is 40.4 Å². The van der Waals surface area contributed by atoms with Crippen molar-refractivity contribution in [1.29, 1.82) is 0 Å². The van der Waals surface area contributed by atoms with Crippen LogP contribution < -0.4 is 10.2 Å². The van der Waals surface area contributed by atoms with E-state index in [1.807, 2.05) is 49.5 Å². The Bertz CT molecular complexity index is 1230. The van der Waals surface area contributed by atoms with Crippen molar-refractivity contribution in [2.45, 2.75) is 13.0 Å². The number of rotatable bonds is 5. The van der Waals surface area contributed by atoms with E-state index < -0.39 is 0 Å².